The average Bonchev–Trinajstić information content (AvgIpc) is 3.33. The molecule has 1 atom stereocenters. The number of aromatic nitrogens is 5. The van der Waals surface area contributed by atoms with Crippen LogP contribution in [0.4, 0.5) is 22.0 Å². The molecule has 0 aliphatic rings. The molecule has 0 radical (unpaired) electrons. The Morgan fingerprint density at radius 1 is 1.12 bits per heavy atom. The van der Waals surface area contributed by atoms with Gasteiger partial charge >= 0.3 is 24.4 Å². The first kappa shape index (κ1) is 31.2. The minimum atomic E-state index is -5.08. The molecule has 17 heteroatoms. The van der Waals surface area contributed by atoms with E-state index in [1.807, 2.05) is 12.1 Å². The van der Waals surface area contributed by atoms with Crippen molar-refractivity contribution in [3.63, 3.8) is 0 Å². The smallest absolute Gasteiger partial charge is 0.490 e. The molecule has 2 heterocycles. The Balaban J connectivity index is 0.000000616. The molecule has 0 saturated carbocycles. The molecule has 222 valence electrons. The number of carboxylic acid groups (broad SMARTS) is 1. The molecule has 0 fully saturated rings. The number of hydrogen-bond donors (Lipinski definition) is 4. The number of rotatable bonds is 9. The Morgan fingerprint density at radius 3 is 2.26 bits per heavy atom. The van der Waals surface area contributed by atoms with Crippen molar-refractivity contribution in [3.05, 3.63) is 93.9 Å². The van der Waals surface area contributed by atoms with Crippen LogP contribution in [-0.2, 0) is 11.2 Å². The molecule has 5 N–H and O–H groups in total. The fraction of sp³-hybridized carbons (Fsp3) is 0.200. The zero-order chi connectivity index (χ0) is 31.0. The van der Waals surface area contributed by atoms with E-state index in [1.54, 1.807) is 30.3 Å². The van der Waals surface area contributed by atoms with Crippen molar-refractivity contribution in [2.75, 3.05) is 7.11 Å². The van der Waals surface area contributed by atoms with Gasteiger partial charge in [0.1, 0.15) is 11.7 Å². The SMILES string of the molecule is COc1cc(C(Cc2ccc(C(=N)N)cc2)c2nn(-c3ncccn3)c(=O)[nH]2)ccc1OC(F)F.O=C(O)C(F)(F)F. The molecule has 0 aliphatic carbocycles. The number of halogens is 5. The van der Waals surface area contributed by atoms with Gasteiger partial charge in [0, 0.05) is 23.9 Å². The summed E-state index contributed by atoms with van der Waals surface area (Å²) in [5.41, 5.74) is 7.07. The number of H-pyrrole nitrogens is 1. The van der Waals surface area contributed by atoms with Gasteiger partial charge in [-0.1, -0.05) is 30.3 Å². The molecule has 42 heavy (non-hydrogen) atoms. The van der Waals surface area contributed by atoms with E-state index >= 15 is 0 Å². The molecule has 0 spiro atoms. The van der Waals surface area contributed by atoms with Crippen LogP contribution in [0.15, 0.2) is 65.7 Å². The first-order chi connectivity index (χ1) is 19.8. The third-order valence-corrected chi connectivity index (χ3v) is 5.46. The first-order valence-corrected chi connectivity index (χ1v) is 11.6. The summed E-state index contributed by atoms with van der Waals surface area (Å²) in [6, 6.07) is 13.2. The summed E-state index contributed by atoms with van der Waals surface area (Å²) in [5.74, 6) is -2.93. The summed E-state index contributed by atoms with van der Waals surface area (Å²) >= 11 is 0. The number of aliphatic carboxylic acids is 1. The number of nitrogens with zero attached hydrogens (tertiary/aromatic N) is 4. The lowest BCUT2D eigenvalue weighted by atomic mass is 9.90. The number of nitrogen functional groups attached to an aromatic ring is 1. The minimum Gasteiger partial charge on any atom is -0.493 e. The molecule has 2 aromatic heterocycles. The fourth-order valence-electron chi connectivity index (χ4n) is 3.56. The van der Waals surface area contributed by atoms with Crippen LogP contribution in [0.2, 0.25) is 0 Å². The lowest BCUT2D eigenvalue weighted by Gasteiger charge is -2.18. The zero-order valence-corrected chi connectivity index (χ0v) is 21.5. The summed E-state index contributed by atoms with van der Waals surface area (Å²) in [4.78, 5) is 32.4. The number of aromatic amines is 1. The number of benzene rings is 2. The molecule has 0 saturated heterocycles. The third-order valence-electron chi connectivity index (χ3n) is 5.46. The molecule has 4 rings (SSSR count). The molecular formula is C25H22F5N7O5. The second kappa shape index (κ2) is 13.3. The predicted molar refractivity (Wildman–Crippen MR) is 136 cm³/mol. The van der Waals surface area contributed by atoms with E-state index in [9.17, 15) is 26.7 Å². The number of alkyl halides is 5. The topological polar surface area (TPSA) is 182 Å². The van der Waals surface area contributed by atoms with Gasteiger partial charge < -0.3 is 20.3 Å². The van der Waals surface area contributed by atoms with E-state index in [0.717, 1.165) is 10.2 Å². The van der Waals surface area contributed by atoms with Crippen molar-refractivity contribution in [3.8, 4) is 17.4 Å². The largest absolute Gasteiger partial charge is 0.493 e. The quantitative estimate of drug-likeness (QED) is 0.128. The normalized spacial score (nSPS) is 11.8. The monoisotopic (exact) mass is 595 g/mol. The van der Waals surface area contributed by atoms with Crippen molar-refractivity contribution in [1.29, 1.82) is 5.41 Å². The number of methoxy groups -OCH3 is 1. The van der Waals surface area contributed by atoms with Crippen molar-refractivity contribution in [1.82, 2.24) is 24.7 Å². The maximum absolute atomic E-state index is 12.8. The van der Waals surface area contributed by atoms with Gasteiger partial charge in [0.25, 0.3) is 5.95 Å². The average molecular weight is 595 g/mol. The Morgan fingerprint density at radius 2 is 1.74 bits per heavy atom. The van der Waals surface area contributed by atoms with E-state index < -0.39 is 30.4 Å². The Labute approximate surface area is 233 Å². The molecule has 2 aromatic carbocycles. The number of carbonyl (C=O) groups is 1. The van der Waals surface area contributed by atoms with Crippen LogP contribution < -0.4 is 20.9 Å². The van der Waals surface area contributed by atoms with Gasteiger partial charge in [0.2, 0.25) is 0 Å². The Kier molecular flexibility index (Phi) is 9.90. The highest BCUT2D eigenvalue weighted by Gasteiger charge is 2.38. The standard InChI is InChI=1S/C23H21F2N7O3.C2HF3O2/c1-34-18-12-15(7-8-17(18)35-21(24)25)16(11-13-3-5-14(6-4-13)19(26)27)20-30-23(33)32(31-20)22-28-9-2-10-29-22;3-2(4,5)1(6)7/h2-10,12,16,21H,11H2,1H3,(H3,26,27)(H,30,31,33);(H,6,7). The highest BCUT2D eigenvalue weighted by atomic mass is 19.4. The highest BCUT2D eigenvalue weighted by molar-refractivity contribution is 5.94. The summed E-state index contributed by atoms with van der Waals surface area (Å²) in [6.07, 6.45) is -1.73. The summed E-state index contributed by atoms with van der Waals surface area (Å²) < 4.78 is 68.1. The van der Waals surface area contributed by atoms with E-state index in [2.05, 4.69) is 24.8 Å². The number of ether oxygens (including phenoxy) is 2. The number of nitrogens with one attached hydrogen (secondary N) is 2. The van der Waals surface area contributed by atoms with Gasteiger partial charge in [-0.25, -0.2) is 19.6 Å². The third kappa shape index (κ3) is 8.09. The van der Waals surface area contributed by atoms with Crippen molar-refractivity contribution < 1.29 is 41.3 Å². The van der Waals surface area contributed by atoms with E-state index in [1.165, 1.54) is 25.6 Å². The molecule has 1 unspecified atom stereocenters. The van der Waals surface area contributed by atoms with Crippen LogP contribution in [0.25, 0.3) is 5.95 Å². The maximum Gasteiger partial charge on any atom is 0.490 e. The number of nitrogens with two attached hydrogens (primary N) is 1. The summed E-state index contributed by atoms with van der Waals surface area (Å²) in [6.45, 7) is -3.01. The van der Waals surface area contributed by atoms with Gasteiger partial charge in [-0.05, 0) is 35.7 Å². The van der Waals surface area contributed by atoms with Crippen LogP contribution in [0.1, 0.15) is 28.4 Å². The lowest BCUT2D eigenvalue weighted by Crippen LogP contribution is -2.21. The van der Waals surface area contributed by atoms with Crippen molar-refractivity contribution in [2.24, 2.45) is 5.73 Å². The minimum absolute atomic E-state index is 0.0570. The van der Waals surface area contributed by atoms with Crippen LogP contribution >= 0.6 is 0 Å². The predicted octanol–water partition coefficient (Wildman–Crippen LogP) is 3.25. The van der Waals surface area contributed by atoms with Crippen molar-refractivity contribution in [2.45, 2.75) is 25.1 Å². The van der Waals surface area contributed by atoms with Crippen LogP contribution in [-0.4, -0.2) is 61.5 Å². The van der Waals surface area contributed by atoms with Gasteiger partial charge in [-0.15, -0.1) is 9.78 Å². The van der Waals surface area contributed by atoms with E-state index in [4.69, 9.17) is 25.8 Å². The van der Waals surface area contributed by atoms with Crippen LogP contribution in [0.5, 0.6) is 11.5 Å². The second-order valence-corrected chi connectivity index (χ2v) is 8.24. The van der Waals surface area contributed by atoms with Gasteiger partial charge in [-0.2, -0.15) is 22.0 Å². The molecule has 0 bridgehead atoms. The zero-order valence-electron chi connectivity index (χ0n) is 21.5. The maximum atomic E-state index is 12.8. The molecule has 12 nitrogen and oxygen atoms in total. The second-order valence-electron chi connectivity index (χ2n) is 8.24. The van der Waals surface area contributed by atoms with Gasteiger partial charge in [0.05, 0.1) is 7.11 Å². The summed E-state index contributed by atoms with van der Waals surface area (Å²) in [5, 5.41) is 19.1. The highest BCUT2D eigenvalue weighted by Crippen LogP contribution is 2.35. The number of carboxylic acids is 1. The fourth-order valence-corrected chi connectivity index (χ4v) is 3.56. The molecular weight excluding hydrogens is 573 g/mol. The summed E-state index contributed by atoms with van der Waals surface area (Å²) in [7, 11) is 1.34. The number of amidine groups is 1. The molecule has 0 amide bonds. The van der Waals surface area contributed by atoms with Gasteiger partial charge in [0.15, 0.2) is 11.5 Å². The Bertz CT molecular complexity index is 1580. The Hall–Kier alpha value is -5.35. The first-order valence-electron chi connectivity index (χ1n) is 11.6. The lowest BCUT2D eigenvalue weighted by molar-refractivity contribution is -0.192. The van der Waals surface area contributed by atoms with Crippen LogP contribution in [0, 0.1) is 5.41 Å². The van der Waals surface area contributed by atoms with Gasteiger partial charge in [-0.3, -0.25) is 10.4 Å². The van der Waals surface area contributed by atoms with E-state index in [-0.39, 0.29) is 23.3 Å². The number of hydrogen-bond acceptors (Lipinski definition) is 8. The van der Waals surface area contributed by atoms with Crippen LogP contribution in [0.3, 0.4) is 0 Å². The van der Waals surface area contributed by atoms with E-state index in [0.29, 0.717) is 23.4 Å². The molecule has 0 aliphatic heterocycles. The van der Waals surface area contributed by atoms with Crippen molar-refractivity contribution >= 4 is 11.8 Å². The molecule has 4 aromatic rings.